The van der Waals surface area contributed by atoms with E-state index in [4.69, 9.17) is 10.5 Å². The Labute approximate surface area is 156 Å². The Balaban J connectivity index is 1.96. The summed E-state index contributed by atoms with van der Waals surface area (Å²) in [7, 11) is 1.61. The Hall–Kier alpha value is -3.15. The minimum atomic E-state index is -0.936. The topological polar surface area (TPSA) is 57.2 Å². The predicted molar refractivity (Wildman–Crippen MR) is 99.7 cm³/mol. The molecule has 6 heteroatoms. The van der Waals surface area contributed by atoms with Crippen LogP contribution in [0.25, 0.3) is 11.3 Å². The first-order chi connectivity index (χ1) is 12.9. The highest BCUT2D eigenvalue weighted by atomic mass is 19.2. The number of benzene rings is 2. The molecule has 0 saturated heterocycles. The van der Waals surface area contributed by atoms with Crippen molar-refractivity contribution in [3.63, 3.8) is 0 Å². The quantitative estimate of drug-likeness (QED) is 0.710. The van der Waals surface area contributed by atoms with Crippen LogP contribution in [0, 0.1) is 18.6 Å². The molecule has 4 nitrogen and oxygen atoms in total. The number of methoxy groups -OCH3 is 1. The molecule has 0 saturated carbocycles. The molecular weight excluding hydrogens is 350 g/mol. The van der Waals surface area contributed by atoms with Crippen LogP contribution in [0.2, 0.25) is 0 Å². The highest BCUT2D eigenvalue weighted by Crippen LogP contribution is 2.28. The molecule has 0 radical (unpaired) electrons. The first-order valence-corrected chi connectivity index (χ1v) is 8.49. The lowest BCUT2D eigenvalue weighted by atomic mass is 10.1. The number of nitrogens with two attached hydrogens (primary N) is 1. The van der Waals surface area contributed by atoms with Gasteiger partial charge in [0.25, 0.3) is 5.91 Å². The molecule has 0 spiro atoms. The lowest BCUT2D eigenvalue weighted by molar-refractivity contribution is 0.0999. The standard InChI is InChI=1S/C21H20F2N2O2/c1-13-17(21(24)26)12-20(15-5-8-18(22)19(23)11-15)25(13)10-9-14-3-6-16(27-2)7-4-14/h3-8,11-12H,9-10H2,1-2H3,(H2,24,26). The molecule has 1 aromatic heterocycles. The van der Waals surface area contributed by atoms with E-state index in [0.717, 1.165) is 23.4 Å². The number of ether oxygens (including phenoxy) is 1. The third-order valence-electron chi connectivity index (χ3n) is 4.63. The number of primary amides is 1. The van der Waals surface area contributed by atoms with Gasteiger partial charge < -0.3 is 15.0 Å². The normalized spacial score (nSPS) is 10.8. The van der Waals surface area contributed by atoms with Crippen molar-refractivity contribution in [1.29, 1.82) is 0 Å². The zero-order valence-corrected chi connectivity index (χ0v) is 15.1. The number of halogens is 2. The van der Waals surface area contributed by atoms with Gasteiger partial charge in [-0.15, -0.1) is 0 Å². The largest absolute Gasteiger partial charge is 0.497 e. The summed E-state index contributed by atoms with van der Waals surface area (Å²) < 4.78 is 34.0. The maximum atomic E-state index is 13.7. The van der Waals surface area contributed by atoms with Crippen molar-refractivity contribution in [2.24, 2.45) is 5.73 Å². The van der Waals surface area contributed by atoms with Crippen molar-refractivity contribution >= 4 is 5.91 Å². The van der Waals surface area contributed by atoms with Crippen LogP contribution in [0.15, 0.2) is 48.5 Å². The van der Waals surface area contributed by atoms with E-state index in [-0.39, 0.29) is 0 Å². The summed E-state index contributed by atoms with van der Waals surface area (Å²) in [5.41, 5.74) is 8.71. The Bertz CT molecular complexity index is 979. The Morgan fingerprint density at radius 1 is 1.07 bits per heavy atom. The minimum Gasteiger partial charge on any atom is -0.497 e. The molecule has 27 heavy (non-hydrogen) atoms. The Morgan fingerprint density at radius 3 is 2.37 bits per heavy atom. The van der Waals surface area contributed by atoms with Gasteiger partial charge in [-0.3, -0.25) is 4.79 Å². The van der Waals surface area contributed by atoms with Crippen molar-refractivity contribution in [3.05, 3.63) is 77.0 Å². The first kappa shape index (κ1) is 18.6. The van der Waals surface area contributed by atoms with E-state index in [2.05, 4.69) is 0 Å². The monoisotopic (exact) mass is 370 g/mol. The van der Waals surface area contributed by atoms with E-state index in [9.17, 15) is 13.6 Å². The number of aryl methyl sites for hydroxylation is 1. The van der Waals surface area contributed by atoms with Crippen LogP contribution >= 0.6 is 0 Å². The number of carbonyl (C=O) groups excluding carboxylic acids is 1. The van der Waals surface area contributed by atoms with Gasteiger partial charge in [0.15, 0.2) is 11.6 Å². The van der Waals surface area contributed by atoms with E-state index in [1.165, 1.54) is 6.07 Å². The summed E-state index contributed by atoms with van der Waals surface area (Å²) in [6.45, 7) is 2.34. The number of amides is 1. The van der Waals surface area contributed by atoms with Gasteiger partial charge in [0.2, 0.25) is 0 Å². The van der Waals surface area contributed by atoms with E-state index in [0.29, 0.717) is 35.5 Å². The van der Waals surface area contributed by atoms with E-state index >= 15 is 0 Å². The second-order valence-electron chi connectivity index (χ2n) is 6.27. The summed E-state index contributed by atoms with van der Waals surface area (Å²) in [6.07, 6.45) is 0.689. The van der Waals surface area contributed by atoms with Gasteiger partial charge in [0.05, 0.1) is 12.7 Å². The van der Waals surface area contributed by atoms with Crippen molar-refractivity contribution in [2.75, 3.05) is 7.11 Å². The first-order valence-electron chi connectivity index (χ1n) is 8.49. The van der Waals surface area contributed by atoms with Crippen LogP contribution < -0.4 is 10.5 Å². The molecule has 3 rings (SSSR count). The second-order valence-corrected chi connectivity index (χ2v) is 6.27. The van der Waals surface area contributed by atoms with Gasteiger partial charge in [-0.05, 0) is 55.3 Å². The van der Waals surface area contributed by atoms with Crippen molar-refractivity contribution in [1.82, 2.24) is 4.57 Å². The summed E-state index contributed by atoms with van der Waals surface area (Å²) in [4.78, 5) is 11.7. The van der Waals surface area contributed by atoms with Crippen molar-refractivity contribution < 1.29 is 18.3 Å². The smallest absolute Gasteiger partial charge is 0.250 e. The number of hydrogen-bond acceptors (Lipinski definition) is 2. The van der Waals surface area contributed by atoms with E-state index < -0.39 is 17.5 Å². The predicted octanol–water partition coefficient (Wildman–Crippen LogP) is 4.09. The summed E-state index contributed by atoms with van der Waals surface area (Å²) in [6, 6.07) is 13.0. The van der Waals surface area contributed by atoms with Gasteiger partial charge in [-0.2, -0.15) is 0 Å². The van der Waals surface area contributed by atoms with E-state index in [1.807, 2.05) is 28.8 Å². The SMILES string of the molecule is COc1ccc(CCn2c(-c3ccc(F)c(F)c3)cc(C(N)=O)c2C)cc1. The zero-order chi connectivity index (χ0) is 19.6. The number of aromatic nitrogens is 1. The number of carbonyl (C=O) groups is 1. The molecule has 0 fully saturated rings. The third kappa shape index (κ3) is 3.84. The second kappa shape index (κ2) is 7.61. The summed E-state index contributed by atoms with van der Waals surface area (Å²) in [5, 5.41) is 0. The molecule has 0 atom stereocenters. The van der Waals surface area contributed by atoms with Gasteiger partial charge >= 0.3 is 0 Å². The molecule has 3 aromatic rings. The average molecular weight is 370 g/mol. The molecule has 0 aliphatic carbocycles. The molecule has 0 unspecified atom stereocenters. The molecule has 1 heterocycles. The number of hydrogen-bond donors (Lipinski definition) is 1. The molecule has 140 valence electrons. The molecule has 2 aromatic carbocycles. The fourth-order valence-electron chi connectivity index (χ4n) is 3.11. The maximum Gasteiger partial charge on any atom is 0.250 e. The number of nitrogens with zero attached hydrogens (tertiary/aromatic N) is 1. The average Bonchev–Trinajstić information content (AvgIpc) is 2.99. The summed E-state index contributed by atoms with van der Waals surface area (Å²) >= 11 is 0. The Morgan fingerprint density at radius 2 is 1.78 bits per heavy atom. The fourth-order valence-corrected chi connectivity index (χ4v) is 3.11. The molecule has 0 aliphatic rings. The van der Waals surface area contributed by atoms with Gasteiger partial charge in [0.1, 0.15) is 5.75 Å². The third-order valence-corrected chi connectivity index (χ3v) is 4.63. The van der Waals surface area contributed by atoms with Crippen LogP contribution in [-0.4, -0.2) is 17.6 Å². The zero-order valence-electron chi connectivity index (χ0n) is 15.1. The molecule has 0 bridgehead atoms. The molecule has 1 amide bonds. The number of rotatable bonds is 6. The van der Waals surface area contributed by atoms with Gasteiger partial charge in [-0.1, -0.05) is 12.1 Å². The van der Waals surface area contributed by atoms with Crippen LogP contribution in [-0.2, 0) is 13.0 Å². The van der Waals surface area contributed by atoms with Gasteiger partial charge in [-0.25, -0.2) is 8.78 Å². The fraction of sp³-hybridized carbons (Fsp3) is 0.190. The van der Waals surface area contributed by atoms with Crippen LogP contribution in [0.1, 0.15) is 21.6 Å². The highest BCUT2D eigenvalue weighted by Gasteiger charge is 2.17. The van der Waals surface area contributed by atoms with E-state index in [1.54, 1.807) is 20.1 Å². The molecule has 0 aliphatic heterocycles. The maximum absolute atomic E-state index is 13.7. The minimum absolute atomic E-state index is 0.365. The van der Waals surface area contributed by atoms with Crippen molar-refractivity contribution in [3.8, 4) is 17.0 Å². The molecule has 2 N–H and O–H groups in total. The van der Waals surface area contributed by atoms with Crippen LogP contribution in [0.4, 0.5) is 8.78 Å². The lowest BCUT2D eigenvalue weighted by Gasteiger charge is -2.13. The van der Waals surface area contributed by atoms with Gasteiger partial charge in [0, 0.05) is 23.5 Å². The van der Waals surface area contributed by atoms with Crippen molar-refractivity contribution in [2.45, 2.75) is 19.9 Å². The van der Waals surface area contributed by atoms with Crippen LogP contribution in [0.3, 0.4) is 0 Å². The van der Waals surface area contributed by atoms with Crippen LogP contribution in [0.5, 0.6) is 5.75 Å². The highest BCUT2D eigenvalue weighted by molar-refractivity contribution is 5.95. The Kier molecular flexibility index (Phi) is 5.26. The lowest BCUT2D eigenvalue weighted by Crippen LogP contribution is -2.13. The molecular formula is C21H20F2N2O2. The summed E-state index contributed by atoms with van der Waals surface area (Å²) in [5.74, 6) is -1.63.